The molecule has 1 saturated heterocycles. The topological polar surface area (TPSA) is 49.6 Å². The van der Waals surface area contributed by atoms with E-state index in [1.54, 1.807) is 0 Å². The van der Waals surface area contributed by atoms with Gasteiger partial charge in [-0.15, -0.1) is 0 Å². The number of carbonyl (C=O) groups excluding carboxylic acids is 1. The van der Waals surface area contributed by atoms with Crippen LogP contribution >= 0.6 is 0 Å². The fourth-order valence-electron chi connectivity index (χ4n) is 3.78. The van der Waals surface area contributed by atoms with Crippen LogP contribution in [-0.4, -0.2) is 54.5 Å². The first-order valence-electron chi connectivity index (χ1n) is 8.83. The lowest BCUT2D eigenvalue weighted by molar-refractivity contribution is -0.134. The van der Waals surface area contributed by atoms with Gasteiger partial charge in [-0.2, -0.15) is 0 Å². The van der Waals surface area contributed by atoms with E-state index in [-0.39, 0.29) is 11.9 Å². The van der Waals surface area contributed by atoms with Gasteiger partial charge in [0.2, 0.25) is 5.91 Å². The summed E-state index contributed by atoms with van der Waals surface area (Å²) < 4.78 is 0. The largest absolute Gasteiger partial charge is 0.339 e. The maximum absolute atomic E-state index is 12.5. The zero-order chi connectivity index (χ0) is 15.2. The summed E-state index contributed by atoms with van der Waals surface area (Å²) >= 11 is 0. The van der Waals surface area contributed by atoms with Gasteiger partial charge < -0.3 is 10.6 Å². The monoisotopic (exact) mass is 295 g/mol. The number of piperazine rings is 1. The van der Waals surface area contributed by atoms with E-state index >= 15 is 0 Å². The summed E-state index contributed by atoms with van der Waals surface area (Å²) in [5.41, 5.74) is 6.19. The zero-order valence-electron chi connectivity index (χ0n) is 13.9. The number of rotatable bonds is 5. The third-order valence-corrected chi connectivity index (χ3v) is 4.94. The molecule has 0 bridgehead atoms. The Labute approximate surface area is 130 Å². The summed E-state index contributed by atoms with van der Waals surface area (Å²) in [5, 5.41) is 0. The fraction of sp³-hybridized carbons (Fsp3) is 0.941. The maximum atomic E-state index is 12.5. The van der Waals surface area contributed by atoms with Crippen molar-refractivity contribution in [3.05, 3.63) is 0 Å². The van der Waals surface area contributed by atoms with Gasteiger partial charge in [-0.25, -0.2) is 0 Å². The molecule has 0 radical (unpaired) electrons. The van der Waals surface area contributed by atoms with Crippen LogP contribution in [0, 0.1) is 11.8 Å². The first-order valence-corrected chi connectivity index (χ1v) is 8.83. The number of nitrogens with two attached hydrogens (primary N) is 1. The van der Waals surface area contributed by atoms with Crippen LogP contribution in [0.25, 0.3) is 0 Å². The van der Waals surface area contributed by atoms with Crippen LogP contribution in [0.1, 0.15) is 52.4 Å². The van der Waals surface area contributed by atoms with Crippen molar-refractivity contribution in [1.82, 2.24) is 9.80 Å². The van der Waals surface area contributed by atoms with Crippen molar-refractivity contribution in [2.75, 3.05) is 32.7 Å². The summed E-state index contributed by atoms with van der Waals surface area (Å²) in [6.45, 7) is 9.33. The average Bonchev–Trinajstić information content (AvgIpc) is 2.47. The molecule has 1 unspecified atom stereocenters. The van der Waals surface area contributed by atoms with Crippen molar-refractivity contribution in [3.63, 3.8) is 0 Å². The Morgan fingerprint density at radius 3 is 2.29 bits per heavy atom. The standard InChI is InChI=1S/C17H33N3O/c1-14(2)13-19-8-10-20(11-9-19)17(21)16(18)12-15-6-4-3-5-7-15/h14-16H,3-13,18H2,1-2H3. The molecule has 0 aromatic carbocycles. The van der Waals surface area contributed by atoms with Gasteiger partial charge in [0.1, 0.15) is 0 Å². The SMILES string of the molecule is CC(C)CN1CCN(C(=O)C(N)CC2CCCCC2)CC1. The molecule has 2 rings (SSSR count). The van der Waals surface area contributed by atoms with Crippen LogP contribution in [0.15, 0.2) is 0 Å². The maximum Gasteiger partial charge on any atom is 0.239 e. The average molecular weight is 295 g/mol. The van der Waals surface area contributed by atoms with Crippen molar-refractivity contribution < 1.29 is 4.79 Å². The van der Waals surface area contributed by atoms with Crippen molar-refractivity contribution in [3.8, 4) is 0 Å². The molecule has 2 fully saturated rings. The minimum atomic E-state index is -0.273. The van der Waals surface area contributed by atoms with Crippen LogP contribution in [0.5, 0.6) is 0 Å². The third-order valence-electron chi connectivity index (χ3n) is 4.94. The zero-order valence-corrected chi connectivity index (χ0v) is 13.9. The predicted octanol–water partition coefficient (Wildman–Crippen LogP) is 2.08. The first-order chi connectivity index (χ1) is 10.1. The molecule has 1 saturated carbocycles. The van der Waals surface area contributed by atoms with E-state index in [4.69, 9.17) is 5.73 Å². The molecular formula is C17H33N3O. The molecule has 1 amide bonds. The highest BCUT2D eigenvalue weighted by atomic mass is 16.2. The van der Waals surface area contributed by atoms with E-state index in [9.17, 15) is 4.79 Å². The fourth-order valence-corrected chi connectivity index (χ4v) is 3.78. The van der Waals surface area contributed by atoms with E-state index < -0.39 is 0 Å². The Bertz CT molecular complexity index is 318. The summed E-state index contributed by atoms with van der Waals surface area (Å²) in [4.78, 5) is 16.9. The highest BCUT2D eigenvalue weighted by Gasteiger charge is 2.27. The number of hydrogen-bond donors (Lipinski definition) is 1. The van der Waals surface area contributed by atoms with Gasteiger partial charge in [0.05, 0.1) is 6.04 Å². The summed E-state index contributed by atoms with van der Waals surface area (Å²) in [5.74, 6) is 1.56. The lowest BCUT2D eigenvalue weighted by Gasteiger charge is -2.37. The van der Waals surface area contributed by atoms with Crippen LogP contribution < -0.4 is 5.73 Å². The number of nitrogens with zero attached hydrogens (tertiary/aromatic N) is 2. The Hall–Kier alpha value is -0.610. The smallest absolute Gasteiger partial charge is 0.239 e. The molecule has 122 valence electrons. The minimum absolute atomic E-state index is 0.185. The molecule has 1 atom stereocenters. The molecule has 4 nitrogen and oxygen atoms in total. The number of amides is 1. The summed E-state index contributed by atoms with van der Waals surface area (Å²) in [6, 6.07) is -0.273. The van der Waals surface area contributed by atoms with Gasteiger partial charge in [-0.05, 0) is 18.3 Å². The van der Waals surface area contributed by atoms with E-state index in [1.165, 1.54) is 32.1 Å². The van der Waals surface area contributed by atoms with Gasteiger partial charge in [0, 0.05) is 32.7 Å². The second kappa shape index (κ2) is 8.14. The number of carbonyl (C=O) groups is 1. The van der Waals surface area contributed by atoms with Crippen LogP contribution in [0.2, 0.25) is 0 Å². The molecule has 2 N–H and O–H groups in total. The van der Waals surface area contributed by atoms with Crippen molar-refractivity contribution in [2.24, 2.45) is 17.6 Å². The van der Waals surface area contributed by atoms with Crippen LogP contribution in [0.3, 0.4) is 0 Å². The molecule has 1 heterocycles. The van der Waals surface area contributed by atoms with Crippen LogP contribution in [0.4, 0.5) is 0 Å². The third kappa shape index (κ3) is 5.26. The van der Waals surface area contributed by atoms with Gasteiger partial charge in [-0.1, -0.05) is 46.0 Å². The summed E-state index contributed by atoms with van der Waals surface area (Å²) in [7, 11) is 0. The molecule has 0 spiro atoms. The molecular weight excluding hydrogens is 262 g/mol. The van der Waals surface area contributed by atoms with E-state index in [0.29, 0.717) is 11.8 Å². The lowest BCUT2D eigenvalue weighted by Crippen LogP contribution is -2.53. The molecule has 0 aromatic rings. The predicted molar refractivity (Wildman–Crippen MR) is 87.0 cm³/mol. The van der Waals surface area contributed by atoms with E-state index in [2.05, 4.69) is 18.7 Å². The quantitative estimate of drug-likeness (QED) is 0.845. The molecule has 21 heavy (non-hydrogen) atoms. The number of hydrogen-bond acceptors (Lipinski definition) is 3. The van der Waals surface area contributed by atoms with Gasteiger partial charge in [-0.3, -0.25) is 9.69 Å². The highest BCUT2D eigenvalue weighted by molar-refractivity contribution is 5.81. The van der Waals surface area contributed by atoms with Crippen LogP contribution in [-0.2, 0) is 4.79 Å². The summed E-state index contributed by atoms with van der Waals surface area (Å²) in [6.07, 6.45) is 7.42. The van der Waals surface area contributed by atoms with E-state index in [0.717, 1.165) is 39.1 Å². The molecule has 2 aliphatic rings. The molecule has 1 aliphatic heterocycles. The van der Waals surface area contributed by atoms with Gasteiger partial charge in [0.15, 0.2) is 0 Å². The normalized spacial score (nSPS) is 23.5. The van der Waals surface area contributed by atoms with Gasteiger partial charge >= 0.3 is 0 Å². The first kappa shape index (κ1) is 16.8. The van der Waals surface area contributed by atoms with Crippen molar-refractivity contribution in [2.45, 2.75) is 58.4 Å². The van der Waals surface area contributed by atoms with Gasteiger partial charge in [0.25, 0.3) is 0 Å². The van der Waals surface area contributed by atoms with E-state index in [1.807, 2.05) is 4.90 Å². The Balaban J connectivity index is 1.73. The minimum Gasteiger partial charge on any atom is -0.339 e. The highest BCUT2D eigenvalue weighted by Crippen LogP contribution is 2.27. The molecule has 0 aromatic heterocycles. The second-order valence-corrected chi connectivity index (χ2v) is 7.37. The Morgan fingerprint density at radius 1 is 1.10 bits per heavy atom. The van der Waals surface area contributed by atoms with Crippen molar-refractivity contribution >= 4 is 5.91 Å². The Morgan fingerprint density at radius 2 is 1.71 bits per heavy atom. The lowest BCUT2D eigenvalue weighted by atomic mass is 9.84. The van der Waals surface area contributed by atoms with Crippen molar-refractivity contribution in [1.29, 1.82) is 0 Å². The molecule has 1 aliphatic carbocycles. The Kier molecular flexibility index (Phi) is 6.49. The second-order valence-electron chi connectivity index (χ2n) is 7.37. The molecule has 4 heteroatoms.